The topological polar surface area (TPSA) is 26.3 Å². The first-order valence-corrected chi connectivity index (χ1v) is 5.10. The fourth-order valence-corrected chi connectivity index (χ4v) is 1.24. The number of hydrogen-bond donors (Lipinski definition) is 0. The largest absolute Gasteiger partial charge is 0.501 e. The summed E-state index contributed by atoms with van der Waals surface area (Å²) >= 11 is 3.33. The van der Waals surface area contributed by atoms with E-state index in [1.54, 1.807) is 0 Å². The van der Waals surface area contributed by atoms with Crippen molar-refractivity contribution in [2.24, 2.45) is 0 Å². The van der Waals surface area contributed by atoms with Crippen LogP contribution in [0.1, 0.15) is 12.5 Å². The fraction of sp³-hybridized carbons (Fsp3) is 0.182. The smallest absolute Gasteiger partial charge is 0.153 e. The first-order valence-electron chi connectivity index (χ1n) is 4.30. The summed E-state index contributed by atoms with van der Waals surface area (Å²) in [5, 5.41) is 0. The third-order valence-corrected chi connectivity index (χ3v) is 2.21. The monoisotopic (exact) mass is 254 g/mol. The van der Waals surface area contributed by atoms with Crippen molar-refractivity contribution in [2.75, 3.05) is 6.61 Å². The Morgan fingerprint density at radius 2 is 2.07 bits per heavy atom. The van der Waals surface area contributed by atoms with Crippen molar-refractivity contribution < 1.29 is 9.53 Å². The van der Waals surface area contributed by atoms with Crippen molar-refractivity contribution in [1.82, 2.24) is 0 Å². The third-order valence-electron chi connectivity index (χ3n) is 1.68. The zero-order chi connectivity index (χ0) is 10.4. The maximum Gasteiger partial charge on any atom is 0.153 e. The molecule has 0 aromatic heterocycles. The predicted octanol–water partition coefficient (Wildman–Crippen LogP) is 3.03. The molecule has 0 aliphatic rings. The lowest BCUT2D eigenvalue weighted by Crippen LogP contribution is -1.88. The van der Waals surface area contributed by atoms with Gasteiger partial charge in [-0.25, -0.2) is 0 Å². The van der Waals surface area contributed by atoms with Gasteiger partial charge >= 0.3 is 0 Å². The van der Waals surface area contributed by atoms with Crippen LogP contribution < -0.4 is 0 Å². The summed E-state index contributed by atoms with van der Waals surface area (Å²) in [6.07, 6.45) is 2.27. The normalized spacial score (nSPS) is 11.1. The van der Waals surface area contributed by atoms with E-state index in [0.717, 1.165) is 16.3 Å². The number of carbonyl (C=O) groups is 1. The number of ether oxygens (including phenoxy) is 1. The van der Waals surface area contributed by atoms with Crippen molar-refractivity contribution in [3.8, 4) is 0 Å². The molecule has 0 aliphatic heterocycles. The minimum absolute atomic E-state index is 0.555. The first-order chi connectivity index (χ1) is 6.77. The average molecular weight is 255 g/mol. The molecule has 0 N–H and O–H groups in total. The minimum atomic E-state index is 0.555. The highest BCUT2D eigenvalue weighted by Gasteiger charge is 1.99. The second-order valence-electron chi connectivity index (χ2n) is 2.65. The van der Waals surface area contributed by atoms with Crippen LogP contribution in [-0.4, -0.2) is 12.9 Å². The van der Waals surface area contributed by atoms with E-state index >= 15 is 0 Å². The van der Waals surface area contributed by atoms with Crippen molar-refractivity contribution in [1.29, 1.82) is 0 Å². The van der Waals surface area contributed by atoms with Gasteiger partial charge < -0.3 is 4.74 Å². The quantitative estimate of drug-likeness (QED) is 0.469. The number of hydrogen-bond acceptors (Lipinski definition) is 2. The van der Waals surface area contributed by atoms with E-state index in [9.17, 15) is 4.79 Å². The lowest BCUT2D eigenvalue weighted by molar-refractivity contribution is -0.103. The number of benzene rings is 1. The second-order valence-corrected chi connectivity index (χ2v) is 3.57. The van der Waals surface area contributed by atoms with Crippen LogP contribution in [-0.2, 0) is 9.53 Å². The minimum Gasteiger partial charge on any atom is -0.501 e. The number of carbonyl (C=O) groups excluding carboxylic acids is 1. The van der Waals surface area contributed by atoms with Crippen LogP contribution in [0.5, 0.6) is 0 Å². The van der Waals surface area contributed by atoms with E-state index < -0.39 is 0 Å². The Balaban J connectivity index is 2.89. The summed E-state index contributed by atoms with van der Waals surface area (Å²) in [7, 11) is 0. The molecule has 3 heteroatoms. The van der Waals surface area contributed by atoms with Gasteiger partial charge in [-0.3, -0.25) is 4.79 Å². The Morgan fingerprint density at radius 3 is 2.57 bits per heavy atom. The van der Waals surface area contributed by atoms with Gasteiger partial charge in [-0.1, -0.05) is 28.1 Å². The Hall–Kier alpha value is -1.09. The van der Waals surface area contributed by atoms with E-state index in [1.807, 2.05) is 31.2 Å². The van der Waals surface area contributed by atoms with Gasteiger partial charge in [-0.05, 0) is 24.6 Å². The summed E-state index contributed by atoms with van der Waals surface area (Å²) in [6.45, 7) is 2.44. The van der Waals surface area contributed by atoms with Crippen molar-refractivity contribution in [2.45, 2.75) is 6.92 Å². The summed E-state index contributed by atoms with van der Waals surface area (Å²) < 4.78 is 6.05. The van der Waals surface area contributed by atoms with Crippen molar-refractivity contribution in [3.63, 3.8) is 0 Å². The molecule has 1 rings (SSSR count). The molecule has 0 saturated heterocycles. The summed E-state index contributed by atoms with van der Waals surface area (Å²) in [5.41, 5.74) is 1.41. The number of halogens is 1. The Morgan fingerprint density at radius 1 is 1.43 bits per heavy atom. The number of aldehydes is 1. The Labute approximate surface area is 91.7 Å². The van der Waals surface area contributed by atoms with Gasteiger partial charge in [0.25, 0.3) is 0 Å². The molecule has 0 spiro atoms. The van der Waals surface area contributed by atoms with Crippen LogP contribution in [0, 0.1) is 0 Å². The van der Waals surface area contributed by atoms with Crippen LogP contribution in [0.3, 0.4) is 0 Å². The molecule has 14 heavy (non-hydrogen) atoms. The molecule has 0 unspecified atom stereocenters. The molecule has 0 heterocycles. The molecular weight excluding hydrogens is 244 g/mol. The van der Waals surface area contributed by atoms with Crippen LogP contribution in [0.2, 0.25) is 0 Å². The zero-order valence-corrected chi connectivity index (χ0v) is 9.45. The molecule has 2 nitrogen and oxygen atoms in total. The summed E-state index contributed by atoms with van der Waals surface area (Å²) in [6, 6.07) is 7.50. The van der Waals surface area contributed by atoms with Gasteiger partial charge in [0.2, 0.25) is 0 Å². The SMILES string of the molecule is CCO/C=C(\C=O)c1ccc(Br)cc1. The number of allylic oxidation sites excluding steroid dienone is 1. The van der Waals surface area contributed by atoms with Gasteiger partial charge in [0, 0.05) is 4.47 Å². The molecular formula is C11H11BrO2. The first kappa shape index (κ1) is 11.0. The lowest BCUT2D eigenvalue weighted by atomic mass is 10.1. The molecule has 0 bridgehead atoms. The third kappa shape index (κ3) is 3.00. The van der Waals surface area contributed by atoms with Crippen molar-refractivity contribution >= 4 is 27.8 Å². The van der Waals surface area contributed by atoms with E-state index in [2.05, 4.69) is 15.9 Å². The molecule has 0 saturated carbocycles. The van der Waals surface area contributed by atoms with Gasteiger partial charge in [0.1, 0.15) is 0 Å². The van der Waals surface area contributed by atoms with Crippen LogP contribution in [0.25, 0.3) is 5.57 Å². The Bertz CT molecular complexity index is 328. The van der Waals surface area contributed by atoms with E-state index in [-0.39, 0.29) is 0 Å². The maximum atomic E-state index is 10.7. The molecule has 74 valence electrons. The van der Waals surface area contributed by atoms with Gasteiger partial charge in [0.15, 0.2) is 6.29 Å². The van der Waals surface area contributed by atoms with E-state index in [4.69, 9.17) is 4.74 Å². The van der Waals surface area contributed by atoms with E-state index in [0.29, 0.717) is 12.2 Å². The zero-order valence-electron chi connectivity index (χ0n) is 7.87. The fourth-order valence-electron chi connectivity index (χ4n) is 0.979. The molecule has 1 aromatic carbocycles. The summed E-state index contributed by atoms with van der Waals surface area (Å²) in [5.74, 6) is 0. The molecule has 0 aliphatic carbocycles. The average Bonchev–Trinajstić information content (AvgIpc) is 2.21. The molecule has 1 aromatic rings. The molecule has 0 amide bonds. The molecule has 0 fully saturated rings. The highest BCUT2D eigenvalue weighted by Crippen LogP contribution is 2.16. The highest BCUT2D eigenvalue weighted by molar-refractivity contribution is 9.10. The van der Waals surface area contributed by atoms with Gasteiger partial charge in [-0.2, -0.15) is 0 Å². The number of rotatable bonds is 4. The predicted molar refractivity (Wildman–Crippen MR) is 59.8 cm³/mol. The van der Waals surface area contributed by atoms with Crippen molar-refractivity contribution in [3.05, 3.63) is 40.6 Å². The summed E-state index contributed by atoms with van der Waals surface area (Å²) in [4.78, 5) is 10.7. The van der Waals surface area contributed by atoms with Gasteiger partial charge in [-0.15, -0.1) is 0 Å². The van der Waals surface area contributed by atoms with Gasteiger partial charge in [0.05, 0.1) is 18.4 Å². The van der Waals surface area contributed by atoms with Crippen LogP contribution in [0.4, 0.5) is 0 Å². The lowest BCUT2D eigenvalue weighted by Gasteiger charge is -2.01. The standard InChI is InChI=1S/C11H11BrO2/c1-2-14-8-10(7-13)9-3-5-11(12)6-4-9/h3-8H,2H2,1H3/b10-8+. The molecule has 0 atom stereocenters. The Kier molecular flexibility index (Phi) is 4.40. The van der Waals surface area contributed by atoms with Crippen LogP contribution >= 0.6 is 15.9 Å². The van der Waals surface area contributed by atoms with Crippen LogP contribution in [0.15, 0.2) is 35.0 Å². The second kappa shape index (κ2) is 5.60. The highest BCUT2D eigenvalue weighted by atomic mass is 79.9. The van der Waals surface area contributed by atoms with E-state index in [1.165, 1.54) is 6.26 Å². The maximum absolute atomic E-state index is 10.7. The molecule has 0 radical (unpaired) electrons.